The molecule has 1 heterocycles. The number of unbranched alkanes of at least 4 members (excludes halogenated alkanes) is 1. The third-order valence-electron chi connectivity index (χ3n) is 2.27. The fourth-order valence-corrected chi connectivity index (χ4v) is 1.27. The van der Waals surface area contributed by atoms with Gasteiger partial charge in [-0.1, -0.05) is 13.3 Å². The molecule has 0 spiro atoms. The molecule has 0 aliphatic carbocycles. The van der Waals surface area contributed by atoms with Crippen LogP contribution in [-0.4, -0.2) is 18.9 Å². The van der Waals surface area contributed by atoms with E-state index >= 15 is 0 Å². The molecule has 76 valence electrons. The first-order valence-corrected chi connectivity index (χ1v) is 4.89. The monoisotopic (exact) mass is 186 g/mol. The fourth-order valence-electron chi connectivity index (χ4n) is 1.27. The highest BCUT2D eigenvalue weighted by molar-refractivity contribution is 5.77. The predicted molar refractivity (Wildman–Crippen MR) is 49.1 cm³/mol. The third-order valence-corrected chi connectivity index (χ3v) is 2.27. The first-order chi connectivity index (χ1) is 6.06. The largest absolute Gasteiger partial charge is 0.435 e. The first kappa shape index (κ1) is 10.5. The Hall–Kier alpha value is -0.570. The molecule has 1 rings (SSSR count). The number of esters is 1. The van der Waals surface area contributed by atoms with Gasteiger partial charge in [0.05, 0.1) is 12.0 Å². The van der Waals surface area contributed by atoms with E-state index in [1.807, 2.05) is 13.8 Å². The van der Waals surface area contributed by atoms with Crippen LogP contribution in [0.1, 0.15) is 40.0 Å². The molecular weight excluding hydrogens is 168 g/mol. The summed E-state index contributed by atoms with van der Waals surface area (Å²) in [6.07, 6.45) is 2.49. The fraction of sp³-hybridized carbons (Fsp3) is 0.900. The number of rotatable bonds is 4. The van der Waals surface area contributed by atoms with Crippen molar-refractivity contribution in [3.05, 3.63) is 0 Å². The SMILES string of the molecule is CCCCOC1CC(C)(C)C(=O)O1. The Morgan fingerprint density at radius 1 is 1.62 bits per heavy atom. The molecule has 0 bridgehead atoms. The lowest BCUT2D eigenvalue weighted by Gasteiger charge is -2.10. The molecule has 0 radical (unpaired) electrons. The lowest BCUT2D eigenvalue weighted by molar-refractivity contribution is -0.164. The normalized spacial score (nSPS) is 26.1. The second-order valence-electron chi connectivity index (χ2n) is 4.15. The molecule has 1 saturated heterocycles. The van der Waals surface area contributed by atoms with Crippen LogP contribution in [0.25, 0.3) is 0 Å². The minimum Gasteiger partial charge on any atom is -0.435 e. The minimum absolute atomic E-state index is 0.144. The second-order valence-corrected chi connectivity index (χ2v) is 4.15. The molecule has 1 aliphatic heterocycles. The van der Waals surface area contributed by atoms with Gasteiger partial charge in [-0.2, -0.15) is 0 Å². The van der Waals surface area contributed by atoms with Crippen molar-refractivity contribution in [3.63, 3.8) is 0 Å². The van der Waals surface area contributed by atoms with Crippen LogP contribution in [0.5, 0.6) is 0 Å². The Morgan fingerprint density at radius 2 is 2.31 bits per heavy atom. The zero-order valence-corrected chi connectivity index (χ0v) is 8.63. The number of hydrogen-bond donors (Lipinski definition) is 0. The summed E-state index contributed by atoms with van der Waals surface area (Å²) in [5.74, 6) is -0.144. The van der Waals surface area contributed by atoms with Crippen molar-refractivity contribution in [2.24, 2.45) is 5.41 Å². The van der Waals surface area contributed by atoms with E-state index in [0.717, 1.165) is 12.8 Å². The minimum atomic E-state index is -0.364. The highest BCUT2D eigenvalue weighted by atomic mass is 16.7. The number of ether oxygens (including phenoxy) is 2. The van der Waals surface area contributed by atoms with E-state index in [2.05, 4.69) is 6.92 Å². The Kier molecular flexibility index (Phi) is 3.31. The molecule has 0 N–H and O–H groups in total. The Balaban J connectivity index is 2.28. The summed E-state index contributed by atoms with van der Waals surface area (Å²) in [7, 11) is 0. The summed E-state index contributed by atoms with van der Waals surface area (Å²) in [5, 5.41) is 0. The van der Waals surface area contributed by atoms with E-state index in [-0.39, 0.29) is 17.7 Å². The van der Waals surface area contributed by atoms with E-state index < -0.39 is 0 Å². The van der Waals surface area contributed by atoms with Crippen molar-refractivity contribution in [3.8, 4) is 0 Å². The molecule has 1 unspecified atom stereocenters. The van der Waals surface area contributed by atoms with Crippen molar-refractivity contribution in [1.82, 2.24) is 0 Å². The molecule has 3 nitrogen and oxygen atoms in total. The lowest BCUT2D eigenvalue weighted by Crippen LogP contribution is -2.16. The van der Waals surface area contributed by atoms with E-state index in [0.29, 0.717) is 13.0 Å². The maximum absolute atomic E-state index is 11.2. The number of carbonyl (C=O) groups is 1. The van der Waals surface area contributed by atoms with Gasteiger partial charge in [-0.05, 0) is 20.3 Å². The van der Waals surface area contributed by atoms with Crippen LogP contribution >= 0.6 is 0 Å². The zero-order valence-electron chi connectivity index (χ0n) is 8.63. The van der Waals surface area contributed by atoms with Crippen LogP contribution in [0.2, 0.25) is 0 Å². The first-order valence-electron chi connectivity index (χ1n) is 4.89. The highest BCUT2D eigenvalue weighted by Gasteiger charge is 2.41. The molecule has 1 aliphatic rings. The molecule has 0 aromatic heterocycles. The standard InChI is InChI=1S/C10H18O3/c1-4-5-6-12-8-7-10(2,3)9(11)13-8/h8H,4-7H2,1-3H3. The van der Waals surface area contributed by atoms with Crippen LogP contribution < -0.4 is 0 Å². The quantitative estimate of drug-likeness (QED) is 0.498. The van der Waals surface area contributed by atoms with Crippen LogP contribution in [0.4, 0.5) is 0 Å². The second kappa shape index (κ2) is 4.09. The maximum atomic E-state index is 11.2. The molecule has 1 atom stereocenters. The summed E-state index contributed by atoms with van der Waals surface area (Å²) < 4.78 is 10.5. The molecular formula is C10H18O3. The van der Waals surface area contributed by atoms with Gasteiger partial charge in [-0.25, -0.2) is 0 Å². The maximum Gasteiger partial charge on any atom is 0.314 e. The summed E-state index contributed by atoms with van der Waals surface area (Å²) in [5.41, 5.74) is -0.364. The Morgan fingerprint density at radius 3 is 2.77 bits per heavy atom. The van der Waals surface area contributed by atoms with Gasteiger partial charge in [0, 0.05) is 6.42 Å². The van der Waals surface area contributed by atoms with E-state index in [1.165, 1.54) is 0 Å². The number of carbonyl (C=O) groups excluding carboxylic acids is 1. The van der Waals surface area contributed by atoms with Crippen molar-refractivity contribution < 1.29 is 14.3 Å². The smallest absolute Gasteiger partial charge is 0.314 e. The van der Waals surface area contributed by atoms with E-state index in [1.54, 1.807) is 0 Å². The average molecular weight is 186 g/mol. The molecule has 0 aromatic carbocycles. The summed E-state index contributed by atoms with van der Waals surface area (Å²) in [6.45, 7) is 6.56. The predicted octanol–water partition coefficient (Wildman–Crippen LogP) is 2.10. The zero-order chi connectivity index (χ0) is 9.90. The van der Waals surface area contributed by atoms with Crippen molar-refractivity contribution in [2.75, 3.05) is 6.61 Å². The summed E-state index contributed by atoms with van der Waals surface area (Å²) in [6, 6.07) is 0. The molecule has 0 saturated carbocycles. The lowest BCUT2D eigenvalue weighted by atomic mass is 9.92. The van der Waals surface area contributed by atoms with Crippen LogP contribution in [0.15, 0.2) is 0 Å². The van der Waals surface area contributed by atoms with Crippen molar-refractivity contribution >= 4 is 5.97 Å². The summed E-state index contributed by atoms with van der Waals surface area (Å²) in [4.78, 5) is 11.2. The molecule has 3 heteroatoms. The van der Waals surface area contributed by atoms with Crippen LogP contribution in [-0.2, 0) is 14.3 Å². The highest BCUT2D eigenvalue weighted by Crippen LogP contribution is 2.33. The van der Waals surface area contributed by atoms with Gasteiger partial charge in [0.25, 0.3) is 0 Å². The van der Waals surface area contributed by atoms with E-state index in [4.69, 9.17) is 9.47 Å². The van der Waals surface area contributed by atoms with Crippen LogP contribution in [0.3, 0.4) is 0 Å². The van der Waals surface area contributed by atoms with Crippen molar-refractivity contribution in [1.29, 1.82) is 0 Å². The Labute approximate surface area is 79.4 Å². The van der Waals surface area contributed by atoms with Gasteiger partial charge in [-0.15, -0.1) is 0 Å². The van der Waals surface area contributed by atoms with E-state index in [9.17, 15) is 4.79 Å². The third kappa shape index (κ3) is 2.69. The van der Waals surface area contributed by atoms with Gasteiger partial charge in [0.2, 0.25) is 6.29 Å². The topological polar surface area (TPSA) is 35.5 Å². The van der Waals surface area contributed by atoms with Crippen molar-refractivity contribution in [2.45, 2.75) is 46.3 Å². The number of hydrogen-bond acceptors (Lipinski definition) is 3. The van der Waals surface area contributed by atoms with Gasteiger partial charge in [0.1, 0.15) is 0 Å². The van der Waals surface area contributed by atoms with Gasteiger partial charge < -0.3 is 9.47 Å². The molecule has 13 heavy (non-hydrogen) atoms. The number of cyclic esters (lactones) is 1. The van der Waals surface area contributed by atoms with Gasteiger partial charge in [0.15, 0.2) is 0 Å². The van der Waals surface area contributed by atoms with Gasteiger partial charge in [-0.3, -0.25) is 4.79 Å². The molecule has 0 aromatic rings. The average Bonchev–Trinajstić information content (AvgIpc) is 2.27. The molecule has 1 fully saturated rings. The van der Waals surface area contributed by atoms with Gasteiger partial charge >= 0.3 is 5.97 Å². The Bertz CT molecular complexity index is 187. The summed E-state index contributed by atoms with van der Waals surface area (Å²) >= 11 is 0. The van der Waals surface area contributed by atoms with Crippen LogP contribution in [0, 0.1) is 5.41 Å². The molecule has 0 amide bonds.